The van der Waals surface area contributed by atoms with E-state index in [1.165, 1.54) is 0 Å². The van der Waals surface area contributed by atoms with Crippen LogP contribution in [0.25, 0.3) is 0 Å². The molecule has 6 heteroatoms. The van der Waals surface area contributed by atoms with Crippen molar-refractivity contribution < 1.29 is 14.7 Å². The summed E-state index contributed by atoms with van der Waals surface area (Å²) in [6.07, 6.45) is 0.950. The van der Waals surface area contributed by atoms with Crippen LogP contribution < -0.4 is 15.8 Å². The Hall–Kier alpha value is -2.24. The Morgan fingerprint density at radius 3 is 3.00 bits per heavy atom. The third-order valence-corrected chi connectivity index (χ3v) is 3.06. The highest BCUT2D eigenvalue weighted by Crippen LogP contribution is 2.38. The maximum atomic E-state index is 11.8. The minimum atomic E-state index is -0.0127. The molecule has 0 heterocycles. The second-order valence-corrected chi connectivity index (χ2v) is 4.72. The molecule has 1 saturated carbocycles. The summed E-state index contributed by atoms with van der Waals surface area (Å²) in [5.74, 6) is 1.18. The van der Waals surface area contributed by atoms with E-state index in [0.717, 1.165) is 6.42 Å². The van der Waals surface area contributed by atoms with Gasteiger partial charge in [0.05, 0.1) is 0 Å². The minimum absolute atomic E-state index is 0.00639. The van der Waals surface area contributed by atoms with Crippen molar-refractivity contribution in [2.24, 2.45) is 22.7 Å². The molecule has 2 atom stereocenters. The van der Waals surface area contributed by atoms with Crippen molar-refractivity contribution >= 4 is 17.4 Å². The lowest BCUT2D eigenvalue weighted by Crippen LogP contribution is -2.21. The van der Waals surface area contributed by atoms with Crippen molar-refractivity contribution in [2.45, 2.75) is 13.3 Å². The van der Waals surface area contributed by atoms with Gasteiger partial charge < -0.3 is 21.0 Å². The number of amidine groups is 1. The van der Waals surface area contributed by atoms with E-state index in [1.807, 2.05) is 0 Å². The van der Waals surface area contributed by atoms with Gasteiger partial charge >= 0.3 is 0 Å². The van der Waals surface area contributed by atoms with Gasteiger partial charge in [-0.3, -0.25) is 4.79 Å². The number of amides is 1. The predicted molar refractivity (Wildman–Crippen MR) is 71.2 cm³/mol. The number of ether oxygens (including phenoxy) is 1. The Bertz CT molecular complexity index is 502. The van der Waals surface area contributed by atoms with Crippen molar-refractivity contribution in [1.29, 1.82) is 0 Å². The van der Waals surface area contributed by atoms with Crippen LogP contribution in [-0.2, 0) is 4.79 Å². The van der Waals surface area contributed by atoms with Crippen molar-refractivity contribution in [2.75, 3.05) is 11.9 Å². The lowest BCUT2D eigenvalue weighted by Gasteiger charge is -2.08. The van der Waals surface area contributed by atoms with E-state index >= 15 is 0 Å². The summed E-state index contributed by atoms with van der Waals surface area (Å²) >= 11 is 0. The van der Waals surface area contributed by atoms with Gasteiger partial charge in [0.1, 0.15) is 12.4 Å². The minimum Gasteiger partial charge on any atom is -0.485 e. The average Bonchev–Trinajstić information content (AvgIpc) is 3.13. The van der Waals surface area contributed by atoms with Gasteiger partial charge in [-0.15, -0.1) is 0 Å². The molecule has 0 aliphatic heterocycles. The van der Waals surface area contributed by atoms with Gasteiger partial charge in [-0.1, -0.05) is 18.1 Å². The van der Waals surface area contributed by atoms with Crippen LogP contribution in [0.5, 0.6) is 5.75 Å². The number of rotatable bonds is 5. The zero-order chi connectivity index (χ0) is 13.8. The second-order valence-electron chi connectivity index (χ2n) is 4.72. The third-order valence-electron chi connectivity index (χ3n) is 3.06. The molecule has 2 rings (SSSR count). The molecule has 102 valence electrons. The first-order valence-electron chi connectivity index (χ1n) is 6.10. The molecule has 1 aromatic rings. The lowest BCUT2D eigenvalue weighted by atomic mass is 10.2. The maximum Gasteiger partial charge on any atom is 0.227 e. The number of carbonyl (C=O) groups excluding carboxylic acids is 1. The second kappa shape index (κ2) is 5.60. The highest BCUT2D eigenvalue weighted by Gasteiger charge is 2.39. The molecule has 0 radical (unpaired) electrons. The molecular formula is C13H17N3O3. The van der Waals surface area contributed by atoms with Gasteiger partial charge in [-0.05, 0) is 24.5 Å². The monoisotopic (exact) mass is 263 g/mol. The molecule has 0 spiro atoms. The Kier molecular flexibility index (Phi) is 3.89. The van der Waals surface area contributed by atoms with E-state index in [-0.39, 0.29) is 24.3 Å². The van der Waals surface area contributed by atoms with Gasteiger partial charge in [0.2, 0.25) is 5.91 Å². The molecule has 4 N–H and O–H groups in total. The molecule has 6 nitrogen and oxygen atoms in total. The molecular weight excluding hydrogens is 246 g/mol. The Balaban J connectivity index is 1.93. The average molecular weight is 263 g/mol. The SMILES string of the molecule is CC1CC1C(=O)Nc1cccc(OC/C(N)=N/O)c1. The molecule has 1 aliphatic rings. The predicted octanol–water partition coefficient (Wildman–Crippen LogP) is 1.41. The zero-order valence-electron chi connectivity index (χ0n) is 10.7. The van der Waals surface area contributed by atoms with Crippen molar-refractivity contribution in [3.63, 3.8) is 0 Å². The van der Waals surface area contributed by atoms with Crippen LogP contribution in [0.4, 0.5) is 5.69 Å². The van der Waals surface area contributed by atoms with Crippen molar-refractivity contribution in [1.82, 2.24) is 0 Å². The largest absolute Gasteiger partial charge is 0.485 e. The molecule has 0 bridgehead atoms. The molecule has 1 aliphatic carbocycles. The molecule has 1 fully saturated rings. The van der Waals surface area contributed by atoms with Gasteiger partial charge in [0.25, 0.3) is 0 Å². The van der Waals surface area contributed by atoms with E-state index in [1.54, 1.807) is 24.3 Å². The third kappa shape index (κ3) is 3.61. The van der Waals surface area contributed by atoms with Gasteiger partial charge in [0.15, 0.2) is 5.84 Å². The summed E-state index contributed by atoms with van der Waals surface area (Å²) in [6, 6.07) is 7.00. The quantitative estimate of drug-likeness (QED) is 0.324. The molecule has 1 amide bonds. The van der Waals surface area contributed by atoms with Crippen LogP contribution >= 0.6 is 0 Å². The van der Waals surface area contributed by atoms with Crippen LogP contribution in [0.1, 0.15) is 13.3 Å². The summed E-state index contributed by atoms with van der Waals surface area (Å²) in [6.45, 7) is 2.05. The Labute approximate surface area is 111 Å². The number of nitrogens with zero attached hydrogens (tertiary/aromatic N) is 1. The van der Waals surface area contributed by atoms with E-state index in [9.17, 15) is 4.79 Å². The summed E-state index contributed by atoms with van der Waals surface area (Å²) in [7, 11) is 0. The number of benzene rings is 1. The van der Waals surface area contributed by atoms with E-state index < -0.39 is 0 Å². The molecule has 0 aromatic heterocycles. The first-order valence-corrected chi connectivity index (χ1v) is 6.10. The first kappa shape index (κ1) is 13.2. The van der Waals surface area contributed by atoms with Crippen LogP contribution in [0.2, 0.25) is 0 Å². The number of hydrogen-bond donors (Lipinski definition) is 3. The fourth-order valence-electron chi connectivity index (χ4n) is 1.77. The number of carbonyl (C=O) groups is 1. The number of anilines is 1. The number of nitrogens with one attached hydrogen (secondary N) is 1. The first-order chi connectivity index (χ1) is 9.10. The van der Waals surface area contributed by atoms with Gasteiger partial charge in [-0.25, -0.2) is 0 Å². The number of oxime groups is 1. The Morgan fingerprint density at radius 2 is 2.37 bits per heavy atom. The van der Waals surface area contributed by atoms with Crippen LogP contribution in [0, 0.1) is 11.8 Å². The summed E-state index contributed by atoms with van der Waals surface area (Å²) in [5.41, 5.74) is 5.99. The zero-order valence-corrected chi connectivity index (χ0v) is 10.7. The number of nitrogens with two attached hydrogens (primary N) is 1. The van der Waals surface area contributed by atoms with Crippen molar-refractivity contribution in [3.8, 4) is 5.75 Å². The molecule has 2 unspecified atom stereocenters. The van der Waals surface area contributed by atoms with Crippen LogP contribution in [0.15, 0.2) is 29.4 Å². The summed E-state index contributed by atoms with van der Waals surface area (Å²) < 4.78 is 5.31. The normalized spacial score (nSPS) is 21.8. The van der Waals surface area contributed by atoms with Gasteiger partial charge in [-0.2, -0.15) is 0 Å². The van der Waals surface area contributed by atoms with E-state index in [4.69, 9.17) is 15.7 Å². The van der Waals surface area contributed by atoms with Gasteiger partial charge in [0, 0.05) is 17.7 Å². The molecule has 0 saturated heterocycles. The topological polar surface area (TPSA) is 96.9 Å². The maximum absolute atomic E-state index is 11.8. The lowest BCUT2D eigenvalue weighted by molar-refractivity contribution is -0.117. The standard InChI is InChI=1S/C13H17N3O3/c1-8-5-11(8)13(17)15-9-3-2-4-10(6-9)19-7-12(14)16-18/h2-4,6,8,11,18H,5,7H2,1H3,(H2,14,16)(H,15,17). The summed E-state index contributed by atoms with van der Waals surface area (Å²) in [4.78, 5) is 11.8. The van der Waals surface area contributed by atoms with Crippen LogP contribution in [0.3, 0.4) is 0 Å². The van der Waals surface area contributed by atoms with E-state index in [2.05, 4.69) is 17.4 Å². The van der Waals surface area contributed by atoms with Crippen molar-refractivity contribution in [3.05, 3.63) is 24.3 Å². The highest BCUT2D eigenvalue weighted by molar-refractivity contribution is 5.94. The molecule has 19 heavy (non-hydrogen) atoms. The molecule has 1 aromatic carbocycles. The van der Waals surface area contributed by atoms with Crippen LogP contribution in [-0.4, -0.2) is 23.6 Å². The Morgan fingerprint density at radius 1 is 1.63 bits per heavy atom. The summed E-state index contributed by atoms with van der Waals surface area (Å²) in [5, 5.41) is 14.1. The number of hydrogen-bond acceptors (Lipinski definition) is 4. The highest BCUT2D eigenvalue weighted by atomic mass is 16.5. The smallest absolute Gasteiger partial charge is 0.227 e. The fourth-order valence-corrected chi connectivity index (χ4v) is 1.77. The fraction of sp³-hybridized carbons (Fsp3) is 0.385. The van der Waals surface area contributed by atoms with E-state index in [0.29, 0.717) is 17.4 Å².